The van der Waals surface area contributed by atoms with Crippen molar-refractivity contribution in [2.45, 2.75) is 46.6 Å². The zero-order valence-electron chi connectivity index (χ0n) is 12.9. The van der Waals surface area contributed by atoms with Crippen molar-refractivity contribution in [3.63, 3.8) is 0 Å². The first-order chi connectivity index (χ1) is 8.50. The van der Waals surface area contributed by atoms with E-state index >= 15 is 0 Å². The summed E-state index contributed by atoms with van der Waals surface area (Å²) in [6.07, 6.45) is 0.824. The normalized spacial score (nSPS) is 12.4. The molecular weight excluding hydrogens is 236 g/mol. The first kappa shape index (κ1) is 15.7. The van der Waals surface area contributed by atoms with Crippen molar-refractivity contribution in [2.24, 2.45) is 11.1 Å². The van der Waals surface area contributed by atoms with Gasteiger partial charge in [-0.1, -0.05) is 32.9 Å². The van der Waals surface area contributed by atoms with Gasteiger partial charge in [0.15, 0.2) is 0 Å². The number of carbonyl (C=O) groups is 1. The van der Waals surface area contributed by atoms with Crippen LogP contribution in [0.25, 0.3) is 0 Å². The van der Waals surface area contributed by atoms with Crippen molar-refractivity contribution in [3.8, 4) is 0 Å². The van der Waals surface area contributed by atoms with Crippen molar-refractivity contribution < 1.29 is 4.79 Å². The summed E-state index contributed by atoms with van der Waals surface area (Å²) in [7, 11) is 1.81. The molecular formula is C16H26N2O. The molecule has 0 unspecified atom stereocenters. The van der Waals surface area contributed by atoms with E-state index < -0.39 is 0 Å². The molecule has 0 atom stereocenters. The molecule has 0 heterocycles. The molecule has 3 nitrogen and oxygen atoms in total. The van der Waals surface area contributed by atoms with Gasteiger partial charge in [-0.15, -0.1) is 0 Å². The van der Waals surface area contributed by atoms with E-state index in [4.69, 9.17) is 5.73 Å². The van der Waals surface area contributed by atoms with Gasteiger partial charge in [-0.2, -0.15) is 0 Å². The molecule has 0 saturated heterocycles. The molecule has 0 aliphatic carbocycles. The van der Waals surface area contributed by atoms with E-state index in [1.165, 1.54) is 5.56 Å². The van der Waals surface area contributed by atoms with Crippen LogP contribution in [-0.4, -0.2) is 18.5 Å². The van der Waals surface area contributed by atoms with Gasteiger partial charge in [0.05, 0.1) is 0 Å². The lowest BCUT2D eigenvalue weighted by Crippen LogP contribution is -2.36. The zero-order chi connectivity index (χ0) is 14.8. The Morgan fingerprint density at radius 3 is 1.95 bits per heavy atom. The Morgan fingerprint density at radius 2 is 1.58 bits per heavy atom. The minimum atomic E-state index is -0.368. The van der Waals surface area contributed by atoms with E-state index in [-0.39, 0.29) is 16.9 Å². The summed E-state index contributed by atoms with van der Waals surface area (Å²) in [5.74, 6) is 0.111. The number of amides is 1. The number of benzene rings is 1. The summed E-state index contributed by atoms with van der Waals surface area (Å²) in [4.78, 5) is 13.9. The highest BCUT2D eigenvalue weighted by atomic mass is 16.2. The van der Waals surface area contributed by atoms with Gasteiger partial charge in [0.2, 0.25) is 5.91 Å². The van der Waals surface area contributed by atoms with Crippen molar-refractivity contribution in [1.29, 1.82) is 0 Å². The van der Waals surface area contributed by atoms with E-state index in [0.29, 0.717) is 0 Å². The predicted octanol–water partition coefficient (Wildman–Crippen LogP) is 2.98. The van der Waals surface area contributed by atoms with Crippen LogP contribution in [0.2, 0.25) is 0 Å². The van der Waals surface area contributed by atoms with E-state index in [1.807, 2.05) is 65.9 Å². The van der Waals surface area contributed by atoms with Gasteiger partial charge < -0.3 is 10.6 Å². The van der Waals surface area contributed by atoms with Crippen molar-refractivity contribution in [3.05, 3.63) is 29.8 Å². The molecule has 0 aliphatic rings. The second-order valence-electron chi connectivity index (χ2n) is 6.95. The highest BCUT2D eigenvalue weighted by molar-refractivity contribution is 5.96. The van der Waals surface area contributed by atoms with Gasteiger partial charge in [0.1, 0.15) is 0 Å². The number of anilines is 1. The summed E-state index contributed by atoms with van der Waals surface area (Å²) in [5, 5.41) is 0. The molecule has 1 aromatic rings. The van der Waals surface area contributed by atoms with Gasteiger partial charge in [0, 0.05) is 23.7 Å². The zero-order valence-corrected chi connectivity index (χ0v) is 12.9. The Kier molecular flexibility index (Phi) is 4.41. The number of rotatable bonds is 3. The smallest absolute Gasteiger partial charge is 0.232 e. The molecule has 2 N–H and O–H groups in total. The van der Waals surface area contributed by atoms with Crippen LogP contribution in [0.3, 0.4) is 0 Å². The van der Waals surface area contributed by atoms with Crippen LogP contribution in [0.1, 0.15) is 40.2 Å². The Labute approximate surface area is 116 Å². The number of nitrogens with two attached hydrogens (primary N) is 1. The van der Waals surface area contributed by atoms with Crippen LogP contribution >= 0.6 is 0 Å². The summed E-state index contributed by atoms with van der Waals surface area (Å²) in [6.45, 7) is 9.80. The van der Waals surface area contributed by atoms with E-state index in [0.717, 1.165) is 12.1 Å². The van der Waals surface area contributed by atoms with Gasteiger partial charge >= 0.3 is 0 Å². The molecule has 0 aromatic heterocycles. The molecule has 0 aliphatic heterocycles. The van der Waals surface area contributed by atoms with Crippen molar-refractivity contribution in [1.82, 2.24) is 0 Å². The lowest BCUT2D eigenvalue weighted by atomic mass is 9.94. The first-order valence-electron chi connectivity index (χ1n) is 6.67. The Morgan fingerprint density at radius 1 is 1.11 bits per heavy atom. The molecule has 1 rings (SSSR count). The predicted molar refractivity (Wildman–Crippen MR) is 81.3 cm³/mol. The summed E-state index contributed by atoms with van der Waals surface area (Å²) in [5.41, 5.74) is 7.53. The van der Waals surface area contributed by atoms with E-state index in [2.05, 4.69) is 0 Å². The lowest BCUT2D eigenvalue weighted by molar-refractivity contribution is -0.125. The number of carbonyl (C=O) groups excluding carboxylic acids is 1. The number of hydrogen-bond acceptors (Lipinski definition) is 2. The maximum Gasteiger partial charge on any atom is 0.232 e. The van der Waals surface area contributed by atoms with Crippen LogP contribution in [0.4, 0.5) is 5.69 Å². The maximum atomic E-state index is 12.2. The summed E-state index contributed by atoms with van der Waals surface area (Å²) in [6, 6.07) is 8.03. The topological polar surface area (TPSA) is 46.3 Å². The quantitative estimate of drug-likeness (QED) is 0.910. The van der Waals surface area contributed by atoms with E-state index in [1.54, 1.807) is 4.90 Å². The highest BCUT2D eigenvalue weighted by Gasteiger charge is 2.25. The minimum Gasteiger partial charge on any atom is -0.325 e. The van der Waals surface area contributed by atoms with Gasteiger partial charge in [-0.05, 0) is 38.0 Å². The average Bonchev–Trinajstić information content (AvgIpc) is 2.24. The van der Waals surface area contributed by atoms with Crippen LogP contribution in [-0.2, 0) is 11.2 Å². The monoisotopic (exact) mass is 262 g/mol. The van der Waals surface area contributed by atoms with Crippen LogP contribution in [0, 0.1) is 5.41 Å². The second-order valence-corrected chi connectivity index (χ2v) is 6.95. The average molecular weight is 262 g/mol. The van der Waals surface area contributed by atoms with Gasteiger partial charge in [0.25, 0.3) is 0 Å². The molecule has 1 aromatic carbocycles. The number of hydrogen-bond donors (Lipinski definition) is 1. The molecule has 1 amide bonds. The molecule has 0 bridgehead atoms. The molecule has 0 saturated carbocycles. The highest BCUT2D eigenvalue weighted by Crippen LogP contribution is 2.23. The SMILES string of the molecule is CN(C(=O)C(C)(C)C)c1ccc(CC(C)(C)N)cc1. The van der Waals surface area contributed by atoms with Crippen LogP contribution < -0.4 is 10.6 Å². The van der Waals surface area contributed by atoms with Crippen LogP contribution in [0.5, 0.6) is 0 Å². The third-order valence-corrected chi connectivity index (χ3v) is 2.93. The Balaban J connectivity index is 2.85. The molecule has 3 heteroatoms. The third kappa shape index (κ3) is 4.67. The molecule has 0 spiro atoms. The van der Waals surface area contributed by atoms with Crippen LogP contribution in [0.15, 0.2) is 24.3 Å². The standard InChI is InChI=1S/C16H26N2O/c1-15(2,3)14(19)18(6)13-9-7-12(8-10-13)11-16(4,5)17/h7-10H,11,17H2,1-6H3. The largest absolute Gasteiger partial charge is 0.325 e. The third-order valence-electron chi connectivity index (χ3n) is 2.93. The molecule has 0 radical (unpaired) electrons. The van der Waals surface area contributed by atoms with Crippen molar-refractivity contribution in [2.75, 3.05) is 11.9 Å². The van der Waals surface area contributed by atoms with E-state index in [9.17, 15) is 4.79 Å². The second kappa shape index (κ2) is 5.33. The Hall–Kier alpha value is -1.35. The fourth-order valence-electron chi connectivity index (χ4n) is 1.98. The molecule has 106 valence electrons. The first-order valence-corrected chi connectivity index (χ1v) is 6.67. The van der Waals surface area contributed by atoms with Gasteiger partial charge in [-0.3, -0.25) is 4.79 Å². The maximum absolute atomic E-state index is 12.2. The fraction of sp³-hybridized carbons (Fsp3) is 0.562. The van der Waals surface area contributed by atoms with Crippen molar-refractivity contribution >= 4 is 11.6 Å². The minimum absolute atomic E-state index is 0.111. The molecule has 0 fully saturated rings. The molecule has 19 heavy (non-hydrogen) atoms. The fourth-order valence-corrected chi connectivity index (χ4v) is 1.98. The lowest BCUT2D eigenvalue weighted by Gasteiger charge is -2.26. The summed E-state index contributed by atoms with van der Waals surface area (Å²) >= 11 is 0. The Bertz CT molecular complexity index is 435. The number of nitrogens with zero attached hydrogens (tertiary/aromatic N) is 1. The summed E-state index contributed by atoms with van der Waals surface area (Å²) < 4.78 is 0. The van der Waals surface area contributed by atoms with Gasteiger partial charge in [-0.25, -0.2) is 0 Å².